The number of hydrogen-bond acceptors (Lipinski definition) is 2. The number of rotatable bonds is 7. The van der Waals surface area contributed by atoms with Gasteiger partial charge in [0, 0.05) is 13.0 Å². The minimum Gasteiger partial charge on any atom is -0.369 e. The zero-order chi connectivity index (χ0) is 15.2. The van der Waals surface area contributed by atoms with Crippen LogP contribution in [0.15, 0.2) is 42.7 Å². The van der Waals surface area contributed by atoms with Crippen LogP contribution in [0, 0.1) is 10.6 Å². The fourth-order valence-electron chi connectivity index (χ4n) is 2.01. The molecule has 0 aliphatic rings. The Morgan fingerprint density at radius 3 is 2.71 bits per heavy atom. The van der Waals surface area contributed by atoms with E-state index in [2.05, 4.69) is 34.2 Å². The minimum absolute atomic E-state index is 0.303. The number of imidazole rings is 1. The highest BCUT2D eigenvalue weighted by Crippen LogP contribution is 2.17. The van der Waals surface area contributed by atoms with Gasteiger partial charge in [-0.1, -0.05) is 36.9 Å². The van der Waals surface area contributed by atoms with E-state index in [0.717, 1.165) is 20.8 Å². The summed E-state index contributed by atoms with van der Waals surface area (Å²) in [5, 5.41) is 0. The third-order valence-corrected chi connectivity index (χ3v) is 4.46. The maximum absolute atomic E-state index is 12.9. The average Bonchev–Trinajstić information content (AvgIpc) is 2.73. The van der Waals surface area contributed by atoms with Crippen LogP contribution >= 0.6 is 22.6 Å². The van der Waals surface area contributed by atoms with Gasteiger partial charge in [0.15, 0.2) is 0 Å². The predicted molar refractivity (Wildman–Crippen MR) is 89.5 cm³/mol. The van der Waals surface area contributed by atoms with Crippen molar-refractivity contribution < 1.29 is 9.13 Å². The van der Waals surface area contributed by atoms with Gasteiger partial charge in [-0.3, -0.25) is 0 Å². The van der Waals surface area contributed by atoms with Crippen molar-refractivity contribution in [2.45, 2.75) is 33.1 Å². The number of allylic oxidation sites excluding steroid dienone is 1. The Morgan fingerprint density at radius 1 is 1.33 bits per heavy atom. The second-order valence-corrected chi connectivity index (χ2v) is 5.82. The van der Waals surface area contributed by atoms with Crippen LogP contribution in [0.4, 0.5) is 4.39 Å². The van der Waals surface area contributed by atoms with Crippen molar-refractivity contribution in [1.29, 1.82) is 0 Å². The lowest BCUT2D eigenvalue weighted by molar-refractivity contribution is 0.0990. The van der Waals surface area contributed by atoms with E-state index in [9.17, 15) is 4.39 Å². The summed E-state index contributed by atoms with van der Waals surface area (Å²) in [6.45, 7) is 6.75. The summed E-state index contributed by atoms with van der Waals surface area (Å²) >= 11 is 2.23. The molecule has 5 heteroatoms. The fourth-order valence-corrected chi connectivity index (χ4v) is 2.65. The first-order chi connectivity index (χ1) is 10.1. The van der Waals surface area contributed by atoms with Gasteiger partial charge in [-0.05, 0) is 35.1 Å². The lowest BCUT2D eigenvalue weighted by Gasteiger charge is -2.09. The Labute approximate surface area is 138 Å². The smallest absolute Gasteiger partial charge is 0.135 e. The second kappa shape index (κ2) is 7.70. The summed E-state index contributed by atoms with van der Waals surface area (Å²) in [7, 11) is 0. The molecule has 3 nitrogen and oxygen atoms in total. The second-order valence-electron chi connectivity index (χ2n) is 4.80. The lowest BCUT2D eigenvalue weighted by atomic mass is 10.2. The molecular formula is C16H18FIN2O. The first kappa shape index (κ1) is 16.2. The average molecular weight is 400 g/mol. The van der Waals surface area contributed by atoms with Gasteiger partial charge in [0.05, 0.1) is 18.1 Å². The van der Waals surface area contributed by atoms with Crippen LogP contribution in [0.25, 0.3) is 0 Å². The molecule has 0 aliphatic heterocycles. The molecule has 0 amide bonds. The van der Waals surface area contributed by atoms with E-state index in [-0.39, 0.29) is 5.83 Å². The molecule has 0 radical (unpaired) electrons. The SMILES string of the molecule is C=C(F)CCn1c(COCc2ccccc2)nc(C)c1I. The highest BCUT2D eigenvalue weighted by Gasteiger charge is 2.12. The van der Waals surface area contributed by atoms with Crippen LogP contribution in [-0.2, 0) is 24.5 Å². The van der Waals surface area contributed by atoms with E-state index >= 15 is 0 Å². The predicted octanol–water partition coefficient (Wildman–Crippen LogP) is 4.39. The summed E-state index contributed by atoms with van der Waals surface area (Å²) in [6, 6.07) is 9.99. The van der Waals surface area contributed by atoms with Gasteiger partial charge in [0.25, 0.3) is 0 Å². The van der Waals surface area contributed by atoms with Gasteiger partial charge >= 0.3 is 0 Å². The van der Waals surface area contributed by atoms with Gasteiger partial charge < -0.3 is 9.30 Å². The van der Waals surface area contributed by atoms with Crippen molar-refractivity contribution in [2.75, 3.05) is 0 Å². The quantitative estimate of drug-likeness (QED) is 0.645. The molecule has 0 atom stereocenters. The topological polar surface area (TPSA) is 27.1 Å². The Morgan fingerprint density at radius 2 is 2.05 bits per heavy atom. The number of ether oxygens (including phenoxy) is 1. The van der Waals surface area contributed by atoms with Crippen LogP contribution < -0.4 is 0 Å². The molecule has 0 fully saturated rings. The summed E-state index contributed by atoms with van der Waals surface area (Å²) in [5.74, 6) is 0.516. The standard InChI is InChI=1S/C16H18FIN2O/c1-12(17)8-9-20-15(19-13(2)16(20)18)11-21-10-14-6-4-3-5-7-14/h3-7H,1,8-11H2,2H3. The monoisotopic (exact) mass is 400 g/mol. The van der Waals surface area contributed by atoms with Crippen LogP contribution in [0.2, 0.25) is 0 Å². The van der Waals surface area contributed by atoms with E-state index in [1.807, 2.05) is 41.8 Å². The molecule has 2 rings (SSSR count). The molecule has 112 valence electrons. The third-order valence-electron chi connectivity index (χ3n) is 3.09. The molecule has 0 bridgehead atoms. The molecule has 2 aromatic rings. The molecule has 0 N–H and O–H groups in total. The summed E-state index contributed by atoms with van der Waals surface area (Å²) in [4.78, 5) is 4.50. The zero-order valence-electron chi connectivity index (χ0n) is 12.0. The summed E-state index contributed by atoms with van der Waals surface area (Å²) in [5.41, 5.74) is 2.07. The highest BCUT2D eigenvalue weighted by molar-refractivity contribution is 14.1. The van der Waals surface area contributed by atoms with Crippen LogP contribution in [0.1, 0.15) is 23.5 Å². The first-order valence-corrected chi connectivity index (χ1v) is 7.82. The van der Waals surface area contributed by atoms with Gasteiger partial charge in [0.1, 0.15) is 16.1 Å². The van der Waals surface area contributed by atoms with Crippen molar-refractivity contribution in [1.82, 2.24) is 9.55 Å². The van der Waals surface area contributed by atoms with Crippen LogP contribution in [-0.4, -0.2) is 9.55 Å². The molecule has 1 aromatic carbocycles. The molecule has 0 unspecified atom stereocenters. The number of aromatic nitrogens is 2. The number of halogens is 2. The van der Waals surface area contributed by atoms with Gasteiger partial charge in [-0.25, -0.2) is 9.37 Å². The van der Waals surface area contributed by atoms with Gasteiger partial charge in [-0.15, -0.1) is 0 Å². The highest BCUT2D eigenvalue weighted by atomic mass is 127. The van der Waals surface area contributed by atoms with E-state index < -0.39 is 0 Å². The molecule has 0 saturated heterocycles. The summed E-state index contributed by atoms with van der Waals surface area (Å²) in [6.07, 6.45) is 0.303. The normalized spacial score (nSPS) is 10.8. The van der Waals surface area contributed by atoms with E-state index in [1.165, 1.54) is 0 Å². The van der Waals surface area contributed by atoms with Crippen molar-refractivity contribution in [2.24, 2.45) is 0 Å². The third kappa shape index (κ3) is 4.64. The molecule has 0 saturated carbocycles. The van der Waals surface area contributed by atoms with Crippen LogP contribution in [0.3, 0.4) is 0 Å². The van der Waals surface area contributed by atoms with Crippen molar-refractivity contribution >= 4 is 22.6 Å². The van der Waals surface area contributed by atoms with E-state index in [1.54, 1.807) is 0 Å². The Kier molecular flexibility index (Phi) is 5.93. The zero-order valence-corrected chi connectivity index (χ0v) is 14.1. The molecule has 0 aliphatic carbocycles. The van der Waals surface area contributed by atoms with Crippen LogP contribution in [0.5, 0.6) is 0 Å². The number of aryl methyl sites for hydroxylation is 1. The van der Waals surface area contributed by atoms with Crippen molar-refractivity contribution in [3.8, 4) is 0 Å². The maximum Gasteiger partial charge on any atom is 0.135 e. The fraction of sp³-hybridized carbons (Fsp3) is 0.312. The summed E-state index contributed by atoms with van der Waals surface area (Å²) < 4.78 is 21.6. The van der Waals surface area contributed by atoms with Gasteiger partial charge in [0.2, 0.25) is 0 Å². The van der Waals surface area contributed by atoms with E-state index in [4.69, 9.17) is 4.74 Å². The first-order valence-electron chi connectivity index (χ1n) is 6.74. The Hall–Kier alpha value is -1.21. The lowest BCUT2D eigenvalue weighted by Crippen LogP contribution is -2.08. The van der Waals surface area contributed by atoms with Gasteiger partial charge in [-0.2, -0.15) is 0 Å². The Bertz CT molecular complexity index is 610. The Balaban J connectivity index is 1.99. The number of hydrogen-bond donors (Lipinski definition) is 0. The van der Waals surface area contributed by atoms with E-state index in [0.29, 0.717) is 26.2 Å². The maximum atomic E-state index is 12.9. The molecular weight excluding hydrogens is 382 g/mol. The molecule has 21 heavy (non-hydrogen) atoms. The molecule has 1 aromatic heterocycles. The molecule has 1 heterocycles. The molecule has 0 spiro atoms. The largest absolute Gasteiger partial charge is 0.369 e. The van der Waals surface area contributed by atoms with Crippen molar-refractivity contribution in [3.63, 3.8) is 0 Å². The van der Waals surface area contributed by atoms with Crippen molar-refractivity contribution in [3.05, 3.63) is 63.5 Å². The minimum atomic E-state index is -0.312. The number of benzene rings is 1. The number of nitrogens with zero attached hydrogens (tertiary/aromatic N) is 2.